The van der Waals surface area contributed by atoms with Crippen LogP contribution in [0.25, 0.3) is 0 Å². The van der Waals surface area contributed by atoms with Crippen LogP contribution in [0.3, 0.4) is 0 Å². The van der Waals surface area contributed by atoms with Crippen LogP contribution in [0.2, 0.25) is 0 Å². The van der Waals surface area contributed by atoms with Gasteiger partial charge in [0.1, 0.15) is 0 Å². The summed E-state index contributed by atoms with van der Waals surface area (Å²) < 4.78 is 0. The number of anilines is 1. The van der Waals surface area contributed by atoms with Crippen molar-refractivity contribution >= 4 is 17.5 Å². The lowest BCUT2D eigenvalue weighted by Gasteiger charge is -2.13. The number of hydrogen-bond acceptors (Lipinski definition) is 3. The number of nitrogens with one attached hydrogen (secondary N) is 2. The standard InChI is InChI=1S/C20H25N3O2/c1-5-15-8-6-7-14(4)18(15)23-20(25)17-9-16(11-21-12-17)19(24)22-10-13(2)3/h6-9,11-13H,5,10H2,1-4H3,(H,22,24)(H,23,25). The molecule has 0 spiro atoms. The van der Waals surface area contributed by atoms with Crippen molar-refractivity contribution in [3.05, 3.63) is 58.9 Å². The highest BCUT2D eigenvalue weighted by Crippen LogP contribution is 2.22. The minimum Gasteiger partial charge on any atom is -0.352 e. The number of pyridine rings is 1. The highest BCUT2D eigenvalue weighted by molar-refractivity contribution is 6.06. The average Bonchev–Trinajstić information content (AvgIpc) is 2.61. The monoisotopic (exact) mass is 339 g/mol. The molecule has 0 saturated carbocycles. The fourth-order valence-corrected chi connectivity index (χ4v) is 2.47. The van der Waals surface area contributed by atoms with E-state index in [0.29, 0.717) is 23.6 Å². The van der Waals surface area contributed by atoms with Crippen molar-refractivity contribution in [1.29, 1.82) is 0 Å². The fourth-order valence-electron chi connectivity index (χ4n) is 2.47. The van der Waals surface area contributed by atoms with Crippen molar-refractivity contribution < 1.29 is 9.59 Å². The average molecular weight is 339 g/mol. The first-order valence-electron chi connectivity index (χ1n) is 8.55. The number of carbonyl (C=O) groups is 2. The van der Waals surface area contributed by atoms with Crippen LogP contribution in [0.5, 0.6) is 0 Å². The second-order valence-corrected chi connectivity index (χ2v) is 6.48. The zero-order valence-corrected chi connectivity index (χ0v) is 15.2. The Morgan fingerprint density at radius 1 is 1.12 bits per heavy atom. The van der Waals surface area contributed by atoms with Gasteiger partial charge in [-0.05, 0) is 36.5 Å². The minimum absolute atomic E-state index is 0.221. The van der Waals surface area contributed by atoms with E-state index in [2.05, 4.69) is 15.6 Å². The van der Waals surface area contributed by atoms with Gasteiger partial charge in [0.05, 0.1) is 11.1 Å². The van der Waals surface area contributed by atoms with Gasteiger partial charge in [-0.1, -0.05) is 39.0 Å². The fraction of sp³-hybridized carbons (Fsp3) is 0.350. The van der Waals surface area contributed by atoms with E-state index in [1.807, 2.05) is 45.9 Å². The predicted octanol–water partition coefficient (Wildman–Crippen LogP) is 3.59. The van der Waals surface area contributed by atoms with Crippen LogP contribution >= 0.6 is 0 Å². The Labute approximate surface area is 148 Å². The van der Waals surface area contributed by atoms with E-state index in [4.69, 9.17) is 0 Å². The number of benzene rings is 1. The van der Waals surface area contributed by atoms with Gasteiger partial charge < -0.3 is 10.6 Å². The van der Waals surface area contributed by atoms with Gasteiger partial charge in [-0.15, -0.1) is 0 Å². The van der Waals surface area contributed by atoms with Gasteiger partial charge >= 0.3 is 0 Å². The maximum Gasteiger partial charge on any atom is 0.257 e. The molecule has 5 nitrogen and oxygen atoms in total. The summed E-state index contributed by atoms with van der Waals surface area (Å²) in [6.07, 6.45) is 3.77. The molecular formula is C20H25N3O2. The number of rotatable bonds is 6. The van der Waals surface area contributed by atoms with Gasteiger partial charge in [0.2, 0.25) is 0 Å². The number of carbonyl (C=O) groups excluding carboxylic acids is 2. The molecule has 0 radical (unpaired) electrons. The molecule has 2 aromatic rings. The molecule has 2 rings (SSSR count). The first-order chi connectivity index (χ1) is 11.9. The number of amides is 2. The number of aryl methyl sites for hydroxylation is 2. The summed E-state index contributed by atoms with van der Waals surface area (Å²) in [5.41, 5.74) is 3.65. The van der Waals surface area contributed by atoms with Crippen LogP contribution < -0.4 is 10.6 Å². The lowest BCUT2D eigenvalue weighted by molar-refractivity contribution is 0.0948. The zero-order chi connectivity index (χ0) is 18.4. The molecule has 0 unspecified atom stereocenters. The Hall–Kier alpha value is -2.69. The molecule has 0 bridgehead atoms. The Bertz CT molecular complexity index is 769. The van der Waals surface area contributed by atoms with Crippen molar-refractivity contribution in [2.24, 2.45) is 5.92 Å². The maximum atomic E-state index is 12.6. The molecule has 1 heterocycles. The van der Waals surface area contributed by atoms with Crippen molar-refractivity contribution in [2.45, 2.75) is 34.1 Å². The molecule has 1 aromatic heterocycles. The largest absolute Gasteiger partial charge is 0.352 e. The topological polar surface area (TPSA) is 71.1 Å². The number of para-hydroxylation sites is 1. The van der Waals surface area contributed by atoms with Crippen LogP contribution in [0.1, 0.15) is 52.6 Å². The van der Waals surface area contributed by atoms with Crippen molar-refractivity contribution in [1.82, 2.24) is 10.3 Å². The second kappa shape index (κ2) is 8.42. The summed E-state index contributed by atoms with van der Waals surface area (Å²) in [7, 11) is 0. The molecule has 5 heteroatoms. The minimum atomic E-state index is -0.269. The van der Waals surface area contributed by atoms with E-state index >= 15 is 0 Å². The van der Waals surface area contributed by atoms with Crippen LogP contribution in [-0.4, -0.2) is 23.3 Å². The molecule has 0 aliphatic rings. The number of nitrogens with zero attached hydrogens (tertiary/aromatic N) is 1. The van der Waals surface area contributed by atoms with Gasteiger partial charge in [-0.25, -0.2) is 0 Å². The van der Waals surface area contributed by atoms with E-state index in [1.165, 1.54) is 12.4 Å². The summed E-state index contributed by atoms with van der Waals surface area (Å²) in [4.78, 5) is 28.8. The summed E-state index contributed by atoms with van der Waals surface area (Å²) in [5, 5.41) is 5.78. The SMILES string of the molecule is CCc1cccc(C)c1NC(=O)c1cncc(C(=O)NCC(C)C)c1. The summed E-state index contributed by atoms with van der Waals surface area (Å²) in [6, 6.07) is 7.51. The highest BCUT2D eigenvalue weighted by atomic mass is 16.2. The Morgan fingerprint density at radius 2 is 1.80 bits per heavy atom. The first-order valence-corrected chi connectivity index (χ1v) is 8.55. The van der Waals surface area contributed by atoms with Crippen LogP contribution in [0.15, 0.2) is 36.7 Å². The van der Waals surface area contributed by atoms with Gasteiger partial charge in [0.15, 0.2) is 0 Å². The van der Waals surface area contributed by atoms with E-state index in [0.717, 1.165) is 23.2 Å². The smallest absolute Gasteiger partial charge is 0.257 e. The first kappa shape index (κ1) is 18.6. The third kappa shape index (κ3) is 4.89. The highest BCUT2D eigenvalue weighted by Gasteiger charge is 2.14. The predicted molar refractivity (Wildman–Crippen MR) is 99.9 cm³/mol. The van der Waals surface area contributed by atoms with Gasteiger partial charge in [0, 0.05) is 24.6 Å². The Balaban J connectivity index is 2.18. The lowest BCUT2D eigenvalue weighted by Crippen LogP contribution is -2.27. The zero-order valence-electron chi connectivity index (χ0n) is 15.2. The van der Waals surface area contributed by atoms with Gasteiger partial charge in [-0.2, -0.15) is 0 Å². The second-order valence-electron chi connectivity index (χ2n) is 6.48. The summed E-state index contributed by atoms with van der Waals surface area (Å²) in [5.74, 6) is -0.132. The molecule has 0 saturated heterocycles. The molecule has 2 N–H and O–H groups in total. The van der Waals surface area contributed by atoms with Crippen LogP contribution in [0.4, 0.5) is 5.69 Å². The van der Waals surface area contributed by atoms with Crippen molar-refractivity contribution in [3.8, 4) is 0 Å². The molecular weight excluding hydrogens is 314 g/mol. The van der Waals surface area contributed by atoms with Crippen LogP contribution in [0, 0.1) is 12.8 Å². The molecule has 132 valence electrons. The van der Waals surface area contributed by atoms with Crippen molar-refractivity contribution in [3.63, 3.8) is 0 Å². The lowest BCUT2D eigenvalue weighted by atomic mass is 10.1. The molecule has 0 aliphatic heterocycles. The van der Waals surface area contributed by atoms with E-state index in [-0.39, 0.29) is 11.8 Å². The van der Waals surface area contributed by atoms with Crippen molar-refractivity contribution in [2.75, 3.05) is 11.9 Å². The Kier molecular flexibility index (Phi) is 6.28. The summed E-state index contributed by atoms with van der Waals surface area (Å²) in [6.45, 7) is 8.64. The molecule has 0 aliphatic carbocycles. The Morgan fingerprint density at radius 3 is 2.44 bits per heavy atom. The third-order valence-corrected chi connectivity index (χ3v) is 3.91. The van der Waals surface area contributed by atoms with Gasteiger partial charge in [0.25, 0.3) is 11.8 Å². The molecule has 25 heavy (non-hydrogen) atoms. The number of aromatic nitrogens is 1. The summed E-state index contributed by atoms with van der Waals surface area (Å²) >= 11 is 0. The normalized spacial score (nSPS) is 10.6. The molecule has 0 atom stereocenters. The molecule has 2 amide bonds. The van der Waals surface area contributed by atoms with E-state index in [9.17, 15) is 9.59 Å². The quantitative estimate of drug-likeness (QED) is 0.845. The maximum absolute atomic E-state index is 12.6. The third-order valence-electron chi connectivity index (χ3n) is 3.91. The molecule has 0 fully saturated rings. The number of hydrogen-bond donors (Lipinski definition) is 2. The van der Waals surface area contributed by atoms with Crippen LogP contribution in [-0.2, 0) is 6.42 Å². The van der Waals surface area contributed by atoms with Gasteiger partial charge in [-0.3, -0.25) is 14.6 Å². The van der Waals surface area contributed by atoms with E-state index in [1.54, 1.807) is 6.07 Å². The van der Waals surface area contributed by atoms with E-state index < -0.39 is 0 Å². The molecule has 1 aromatic carbocycles.